The van der Waals surface area contributed by atoms with Crippen molar-refractivity contribution in [3.05, 3.63) is 45.3 Å². The molecule has 0 bridgehead atoms. The van der Waals surface area contributed by atoms with Crippen molar-refractivity contribution in [2.24, 2.45) is 0 Å². The molecule has 0 unspecified atom stereocenters. The zero-order valence-electron chi connectivity index (χ0n) is 11.4. The van der Waals surface area contributed by atoms with Crippen LogP contribution in [0.5, 0.6) is 0 Å². The molecule has 0 aliphatic carbocycles. The molecule has 1 aromatic heterocycles. The molecule has 110 valence electrons. The number of halogens is 1. The van der Waals surface area contributed by atoms with Gasteiger partial charge in [-0.3, -0.25) is 14.6 Å². The second kappa shape index (κ2) is 6.73. The number of nitrogens with one attached hydrogen (secondary N) is 2. The second-order valence-corrected chi connectivity index (χ2v) is 6.07. The summed E-state index contributed by atoms with van der Waals surface area (Å²) in [7, 11) is 0. The lowest BCUT2D eigenvalue weighted by molar-refractivity contribution is -0.115. The third kappa shape index (κ3) is 4.30. The summed E-state index contributed by atoms with van der Waals surface area (Å²) in [5.41, 5.74) is 0.635. The van der Waals surface area contributed by atoms with Crippen molar-refractivity contribution in [2.75, 3.05) is 5.32 Å². The number of aromatic nitrogens is 3. The first-order chi connectivity index (χ1) is 9.95. The van der Waals surface area contributed by atoms with Crippen LogP contribution in [0.2, 0.25) is 5.02 Å². The average Bonchev–Trinajstić information content (AvgIpc) is 2.45. The van der Waals surface area contributed by atoms with E-state index in [-0.39, 0.29) is 17.2 Å². The van der Waals surface area contributed by atoms with Crippen molar-refractivity contribution < 1.29 is 4.79 Å². The van der Waals surface area contributed by atoms with Crippen LogP contribution in [0.3, 0.4) is 0 Å². The van der Waals surface area contributed by atoms with Gasteiger partial charge in [0.25, 0.3) is 5.56 Å². The number of rotatable bonds is 4. The molecule has 0 aliphatic heterocycles. The summed E-state index contributed by atoms with van der Waals surface area (Å²) in [6.45, 7) is 3.28. The first kappa shape index (κ1) is 15.5. The molecule has 1 aromatic carbocycles. The lowest BCUT2D eigenvalue weighted by Gasteiger charge is -2.11. The molecule has 0 spiro atoms. The van der Waals surface area contributed by atoms with E-state index in [1.807, 2.05) is 0 Å². The molecule has 1 heterocycles. The Kier molecular flexibility index (Phi) is 4.98. The summed E-state index contributed by atoms with van der Waals surface area (Å²) in [5, 5.41) is 10.8. The van der Waals surface area contributed by atoms with E-state index in [2.05, 4.69) is 20.5 Å². The van der Waals surface area contributed by atoms with Crippen LogP contribution in [-0.2, 0) is 4.79 Å². The molecular formula is C13H13ClN4O2S. The Morgan fingerprint density at radius 1 is 1.33 bits per heavy atom. The normalized spacial score (nSPS) is 12.0. The number of H-pyrrole nitrogens is 1. The van der Waals surface area contributed by atoms with Crippen LogP contribution in [-0.4, -0.2) is 26.3 Å². The van der Waals surface area contributed by atoms with E-state index < -0.39 is 5.25 Å². The predicted octanol–water partition coefficient (Wildman–Crippen LogP) is 2.25. The van der Waals surface area contributed by atoms with Gasteiger partial charge in [0, 0.05) is 10.7 Å². The number of amides is 1. The van der Waals surface area contributed by atoms with E-state index in [9.17, 15) is 9.59 Å². The van der Waals surface area contributed by atoms with Crippen LogP contribution >= 0.6 is 23.4 Å². The Labute approximate surface area is 130 Å². The maximum absolute atomic E-state index is 12.0. The monoisotopic (exact) mass is 324 g/mol. The van der Waals surface area contributed by atoms with Gasteiger partial charge < -0.3 is 5.32 Å². The number of hydrogen-bond acceptors (Lipinski definition) is 5. The molecule has 0 aliphatic rings. The molecule has 6 nitrogen and oxygen atoms in total. The quantitative estimate of drug-likeness (QED) is 0.842. The van der Waals surface area contributed by atoms with Crippen LogP contribution in [0.25, 0.3) is 0 Å². The van der Waals surface area contributed by atoms with Gasteiger partial charge in [-0.1, -0.05) is 23.4 Å². The molecule has 0 saturated carbocycles. The molecule has 2 N–H and O–H groups in total. The number of aryl methyl sites for hydroxylation is 1. The average molecular weight is 325 g/mol. The van der Waals surface area contributed by atoms with E-state index >= 15 is 0 Å². The fourth-order valence-corrected chi connectivity index (χ4v) is 2.30. The smallest absolute Gasteiger partial charge is 0.273 e. The zero-order chi connectivity index (χ0) is 15.4. The lowest BCUT2D eigenvalue weighted by atomic mass is 10.3. The van der Waals surface area contributed by atoms with Crippen LogP contribution in [0.15, 0.2) is 34.2 Å². The fourth-order valence-electron chi connectivity index (χ4n) is 1.43. The maximum Gasteiger partial charge on any atom is 0.273 e. The zero-order valence-corrected chi connectivity index (χ0v) is 13.0. The topological polar surface area (TPSA) is 87.7 Å². The highest BCUT2D eigenvalue weighted by Crippen LogP contribution is 2.20. The molecular weight excluding hydrogens is 312 g/mol. The van der Waals surface area contributed by atoms with Crippen molar-refractivity contribution in [1.82, 2.24) is 15.2 Å². The SMILES string of the molecule is Cc1nnc(S[C@H](C)C(=O)Nc2ccc(Cl)cc2)[nH]c1=O. The largest absolute Gasteiger partial charge is 0.325 e. The molecule has 1 atom stereocenters. The summed E-state index contributed by atoms with van der Waals surface area (Å²) in [4.78, 5) is 26.0. The first-order valence-electron chi connectivity index (χ1n) is 6.12. The van der Waals surface area contributed by atoms with Crippen molar-refractivity contribution in [2.45, 2.75) is 24.3 Å². The summed E-state index contributed by atoms with van der Waals surface area (Å²) in [6.07, 6.45) is 0. The predicted molar refractivity (Wildman–Crippen MR) is 82.8 cm³/mol. The van der Waals surface area contributed by atoms with Crippen molar-refractivity contribution in [3.8, 4) is 0 Å². The number of carbonyl (C=O) groups excluding carboxylic acids is 1. The fraction of sp³-hybridized carbons (Fsp3) is 0.231. The summed E-state index contributed by atoms with van der Waals surface area (Å²) >= 11 is 6.91. The van der Waals surface area contributed by atoms with Crippen LogP contribution in [0, 0.1) is 6.92 Å². The van der Waals surface area contributed by atoms with E-state index in [1.165, 1.54) is 0 Å². The summed E-state index contributed by atoms with van der Waals surface area (Å²) in [5.74, 6) is -0.203. The highest BCUT2D eigenvalue weighted by atomic mass is 35.5. The highest BCUT2D eigenvalue weighted by molar-refractivity contribution is 8.00. The lowest BCUT2D eigenvalue weighted by Crippen LogP contribution is -2.23. The Morgan fingerprint density at radius 2 is 2.00 bits per heavy atom. The van der Waals surface area contributed by atoms with E-state index in [4.69, 9.17) is 11.6 Å². The van der Waals surface area contributed by atoms with Crippen molar-refractivity contribution in [1.29, 1.82) is 0 Å². The Morgan fingerprint density at radius 3 is 2.62 bits per heavy atom. The first-order valence-corrected chi connectivity index (χ1v) is 7.38. The third-order valence-electron chi connectivity index (χ3n) is 2.61. The number of thioether (sulfide) groups is 1. The van der Waals surface area contributed by atoms with Crippen molar-refractivity contribution >= 4 is 35.0 Å². The van der Waals surface area contributed by atoms with Crippen LogP contribution in [0.4, 0.5) is 5.69 Å². The standard InChI is InChI=1S/C13H13ClN4O2S/c1-7-11(19)16-13(18-17-7)21-8(2)12(20)15-10-5-3-9(14)4-6-10/h3-6,8H,1-2H3,(H,15,20)(H,16,18,19)/t8-/m1/s1. The second-order valence-electron chi connectivity index (χ2n) is 4.30. The van der Waals surface area contributed by atoms with E-state index in [0.29, 0.717) is 15.9 Å². The van der Waals surface area contributed by atoms with Gasteiger partial charge in [0.2, 0.25) is 5.91 Å². The number of anilines is 1. The molecule has 2 rings (SSSR count). The number of hydrogen-bond donors (Lipinski definition) is 2. The number of nitrogens with zero attached hydrogens (tertiary/aromatic N) is 2. The molecule has 1 amide bonds. The summed E-state index contributed by atoms with van der Waals surface area (Å²) in [6, 6.07) is 6.81. The van der Waals surface area contributed by atoms with Gasteiger partial charge in [-0.25, -0.2) is 0 Å². The van der Waals surface area contributed by atoms with Gasteiger partial charge in [0.05, 0.1) is 5.25 Å². The van der Waals surface area contributed by atoms with Gasteiger partial charge in [0.15, 0.2) is 5.16 Å². The number of carbonyl (C=O) groups is 1. The Bertz CT molecular complexity index is 702. The molecule has 0 saturated heterocycles. The van der Waals surface area contributed by atoms with Crippen LogP contribution in [0.1, 0.15) is 12.6 Å². The van der Waals surface area contributed by atoms with Crippen LogP contribution < -0.4 is 10.9 Å². The highest BCUT2D eigenvalue weighted by Gasteiger charge is 2.16. The maximum atomic E-state index is 12.0. The van der Waals surface area contributed by atoms with Gasteiger partial charge in [-0.2, -0.15) is 0 Å². The minimum atomic E-state index is -0.437. The van der Waals surface area contributed by atoms with Gasteiger partial charge in [-0.05, 0) is 38.1 Å². The number of aromatic amines is 1. The van der Waals surface area contributed by atoms with Crippen molar-refractivity contribution in [3.63, 3.8) is 0 Å². The number of benzene rings is 1. The molecule has 21 heavy (non-hydrogen) atoms. The summed E-state index contributed by atoms with van der Waals surface area (Å²) < 4.78 is 0. The molecule has 0 fully saturated rings. The molecule has 8 heteroatoms. The van der Waals surface area contributed by atoms with Gasteiger partial charge in [0.1, 0.15) is 5.69 Å². The minimum Gasteiger partial charge on any atom is -0.325 e. The van der Waals surface area contributed by atoms with Gasteiger partial charge in [-0.15, -0.1) is 10.2 Å². The Balaban J connectivity index is 2.00. The van der Waals surface area contributed by atoms with Gasteiger partial charge >= 0.3 is 0 Å². The van der Waals surface area contributed by atoms with E-state index in [1.54, 1.807) is 38.1 Å². The molecule has 2 aromatic rings. The minimum absolute atomic E-state index is 0.203. The third-order valence-corrected chi connectivity index (χ3v) is 3.84. The van der Waals surface area contributed by atoms with E-state index in [0.717, 1.165) is 11.8 Å². The Hall–Kier alpha value is -1.86. The molecule has 0 radical (unpaired) electrons.